The molecule has 27 heavy (non-hydrogen) atoms. The molecule has 11 heteroatoms. The van der Waals surface area contributed by atoms with Crippen molar-refractivity contribution in [3.05, 3.63) is 35.9 Å². The van der Waals surface area contributed by atoms with Crippen LogP contribution in [0.2, 0.25) is 0 Å². The Kier molecular flexibility index (Phi) is 7.88. The lowest BCUT2D eigenvalue weighted by atomic mass is 9.85. The maximum Gasteiger partial charge on any atom is 0.140 e. The van der Waals surface area contributed by atoms with E-state index in [9.17, 15) is 30.4 Å². The molecule has 1 aromatic rings. The summed E-state index contributed by atoms with van der Waals surface area (Å²) in [5.41, 5.74) is 0.706. The number of hydrogen-bond acceptors (Lipinski definition) is 9. The van der Waals surface area contributed by atoms with E-state index in [4.69, 9.17) is 20.9 Å². The molecule has 0 saturated heterocycles. The first kappa shape index (κ1) is 22.8. The lowest BCUT2D eigenvalue weighted by Gasteiger charge is -2.45. The minimum Gasteiger partial charge on any atom is -0.780 e. The van der Waals surface area contributed by atoms with Crippen molar-refractivity contribution in [2.75, 3.05) is 7.05 Å². The largest absolute Gasteiger partial charge is 0.780 e. The number of rotatable bonds is 7. The van der Waals surface area contributed by atoms with E-state index in [1.54, 1.807) is 24.3 Å². The first-order chi connectivity index (χ1) is 12.6. The summed E-state index contributed by atoms with van der Waals surface area (Å²) in [6.07, 6.45) is -11.4. The van der Waals surface area contributed by atoms with Crippen LogP contribution < -0.4 is 10.2 Å². The third-order valence-corrected chi connectivity index (χ3v) is 6.20. The van der Waals surface area contributed by atoms with Crippen molar-refractivity contribution in [2.24, 2.45) is 0 Å². The van der Waals surface area contributed by atoms with Gasteiger partial charge in [0.1, 0.15) is 55.5 Å². The van der Waals surface area contributed by atoms with Crippen LogP contribution in [0.25, 0.3) is 0 Å². The maximum atomic E-state index is 12.8. The van der Waals surface area contributed by atoms with Gasteiger partial charge in [0.05, 0.1) is 7.05 Å². The molecule has 2 rings (SSSR count). The first-order valence-corrected chi connectivity index (χ1v) is 11.1. The maximum absolute atomic E-state index is 12.8. The van der Waals surface area contributed by atoms with Crippen molar-refractivity contribution < 1.29 is 44.8 Å². The molecule has 1 aliphatic rings. The van der Waals surface area contributed by atoms with Crippen molar-refractivity contribution in [2.45, 2.75) is 55.7 Å². The highest BCUT2D eigenvalue weighted by molar-refractivity contribution is 8.06. The fourth-order valence-electron chi connectivity index (χ4n) is 2.91. The summed E-state index contributed by atoms with van der Waals surface area (Å²) in [5, 5.41) is 51.0. The third kappa shape index (κ3) is 5.31. The summed E-state index contributed by atoms with van der Waals surface area (Å²) >= 11 is 4.93. The summed E-state index contributed by atoms with van der Waals surface area (Å²) in [6, 6.07) is 8.74. The molecular formula is C16H26NO8PS. The summed E-state index contributed by atoms with van der Waals surface area (Å²) < 4.78 is 10.7. The van der Waals surface area contributed by atoms with E-state index in [-0.39, 0.29) is 6.04 Å². The van der Waals surface area contributed by atoms with Gasteiger partial charge in [-0.1, -0.05) is 42.1 Å². The van der Waals surface area contributed by atoms with E-state index in [1.807, 2.05) is 25.4 Å². The topological polar surface area (TPSA) is 159 Å². The number of aliphatic hydroxyl groups is 5. The molecule has 3 unspecified atom stereocenters. The van der Waals surface area contributed by atoms with Crippen LogP contribution in [-0.2, 0) is 20.9 Å². The summed E-state index contributed by atoms with van der Waals surface area (Å²) in [6.45, 7) is -2.42. The van der Waals surface area contributed by atoms with Crippen LogP contribution in [0.15, 0.2) is 30.3 Å². The molecule has 0 radical (unpaired) electrons. The number of quaternary nitrogens is 1. The van der Waals surface area contributed by atoms with Crippen molar-refractivity contribution in [3.63, 3.8) is 0 Å². The second kappa shape index (κ2) is 9.34. The first-order valence-electron chi connectivity index (χ1n) is 8.51. The van der Waals surface area contributed by atoms with Crippen LogP contribution in [0.4, 0.5) is 0 Å². The number of nitrogens with two attached hydrogens (primary N) is 1. The van der Waals surface area contributed by atoms with Gasteiger partial charge in [-0.2, -0.15) is 0 Å². The Morgan fingerprint density at radius 3 is 1.96 bits per heavy atom. The van der Waals surface area contributed by atoms with Crippen molar-refractivity contribution >= 4 is 18.5 Å². The Morgan fingerprint density at radius 1 is 1.00 bits per heavy atom. The molecule has 0 aliphatic heterocycles. The van der Waals surface area contributed by atoms with Crippen molar-refractivity contribution in [1.29, 1.82) is 0 Å². The Hall–Kier alpha value is -0.490. The molecule has 154 valence electrons. The normalized spacial score (nSPS) is 36.0. The molecule has 0 amide bonds. The Bertz CT molecular complexity index is 637. The highest BCUT2D eigenvalue weighted by Crippen LogP contribution is 2.48. The minimum atomic E-state index is -4.26. The molecule has 7 N–H and O–H groups in total. The van der Waals surface area contributed by atoms with Gasteiger partial charge in [-0.3, -0.25) is 0 Å². The number of aliphatic hydroxyl groups excluding tert-OH is 5. The molecule has 0 heterocycles. The fraction of sp³-hybridized carbons (Fsp3) is 0.625. The SMILES string of the molecule is C[NH2+][C@H](C)[C@@H](OP([O-])(=S)OC1[C@H](O)[C@H](O)C(O)[C@H](O)[C@H]1O)c1ccccc1. The van der Waals surface area contributed by atoms with Gasteiger partial charge in [-0.15, -0.1) is 0 Å². The second-order valence-corrected chi connectivity index (χ2v) is 9.26. The van der Waals surface area contributed by atoms with Gasteiger partial charge in [0, 0.05) is 0 Å². The van der Waals surface area contributed by atoms with Gasteiger partial charge in [-0.05, 0) is 12.5 Å². The zero-order valence-corrected chi connectivity index (χ0v) is 16.6. The van der Waals surface area contributed by atoms with Gasteiger partial charge in [0.15, 0.2) is 0 Å². The monoisotopic (exact) mass is 423 g/mol. The molecule has 9 nitrogen and oxygen atoms in total. The van der Waals surface area contributed by atoms with E-state index < -0.39 is 49.4 Å². The minimum absolute atomic E-state index is 0.188. The van der Waals surface area contributed by atoms with Gasteiger partial charge in [-0.25, -0.2) is 0 Å². The highest BCUT2D eigenvalue weighted by Gasteiger charge is 2.49. The Balaban J connectivity index is 2.20. The molecule has 1 saturated carbocycles. The average molecular weight is 423 g/mol. The summed E-state index contributed by atoms with van der Waals surface area (Å²) in [4.78, 5) is 12.8. The highest BCUT2D eigenvalue weighted by atomic mass is 32.5. The lowest BCUT2D eigenvalue weighted by molar-refractivity contribution is -0.668. The number of likely N-dealkylation sites (N-methyl/N-ethyl adjacent to an activating group) is 1. The van der Waals surface area contributed by atoms with Gasteiger partial charge < -0.3 is 44.8 Å². The van der Waals surface area contributed by atoms with Gasteiger partial charge in [0.25, 0.3) is 0 Å². The van der Waals surface area contributed by atoms with E-state index in [0.717, 1.165) is 0 Å². The molecule has 1 aliphatic carbocycles. The third-order valence-electron chi connectivity index (χ3n) is 4.70. The standard InChI is InChI=1S/C16H26NO8PS/c1-8(17-2)15(9-6-4-3-5-7-9)24-26(23,27)25-16-13(21)11(19)10(18)12(20)14(16)22/h3-8,10-22H,1-2H3,(H,23,27)/t8-,10?,11-,12+,13-,14-,15-,16?,26?/m1/s1. The van der Waals surface area contributed by atoms with Gasteiger partial charge >= 0.3 is 0 Å². The fourth-order valence-corrected chi connectivity index (χ4v) is 4.68. The van der Waals surface area contributed by atoms with Crippen LogP contribution in [0.5, 0.6) is 0 Å². The van der Waals surface area contributed by atoms with E-state index in [2.05, 4.69) is 0 Å². The lowest BCUT2D eigenvalue weighted by Crippen LogP contribution is -2.86. The zero-order valence-electron chi connectivity index (χ0n) is 14.9. The van der Waals surface area contributed by atoms with Crippen LogP contribution in [0, 0.1) is 0 Å². The van der Waals surface area contributed by atoms with E-state index in [0.29, 0.717) is 5.56 Å². The van der Waals surface area contributed by atoms with Crippen LogP contribution in [-0.4, -0.2) is 75.2 Å². The summed E-state index contributed by atoms with van der Waals surface area (Å²) in [5.74, 6) is 0. The molecule has 1 fully saturated rings. The Morgan fingerprint density at radius 2 is 1.48 bits per heavy atom. The molecule has 0 spiro atoms. The van der Waals surface area contributed by atoms with Crippen LogP contribution in [0.1, 0.15) is 18.6 Å². The molecule has 0 bridgehead atoms. The van der Waals surface area contributed by atoms with Gasteiger partial charge in [0.2, 0.25) is 0 Å². The number of benzene rings is 1. The predicted molar refractivity (Wildman–Crippen MR) is 96.8 cm³/mol. The van der Waals surface area contributed by atoms with Crippen molar-refractivity contribution in [1.82, 2.24) is 0 Å². The molecule has 1 aromatic carbocycles. The second-order valence-electron chi connectivity index (χ2n) is 6.60. The molecule has 0 aromatic heterocycles. The number of hydrogen-bond donors (Lipinski definition) is 6. The average Bonchev–Trinajstić information content (AvgIpc) is 2.66. The zero-order chi connectivity index (χ0) is 20.4. The predicted octanol–water partition coefficient (Wildman–Crippen LogP) is -2.89. The molecular weight excluding hydrogens is 397 g/mol. The molecule has 9 atom stereocenters. The summed E-state index contributed by atoms with van der Waals surface area (Å²) in [7, 11) is 1.81. The van der Waals surface area contributed by atoms with Crippen LogP contribution >= 0.6 is 6.72 Å². The van der Waals surface area contributed by atoms with Crippen LogP contribution in [0.3, 0.4) is 0 Å². The van der Waals surface area contributed by atoms with E-state index in [1.165, 1.54) is 0 Å². The van der Waals surface area contributed by atoms with Crippen molar-refractivity contribution in [3.8, 4) is 0 Å². The smallest absolute Gasteiger partial charge is 0.140 e. The van der Waals surface area contributed by atoms with E-state index >= 15 is 0 Å². The Labute approximate surface area is 162 Å². The quantitative estimate of drug-likeness (QED) is 0.253.